The summed E-state index contributed by atoms with van der Waals surface area (Å²) >= 11 is 0. The lowest BCUT2D eigenvalue weighted by atomic mass is 9.70. The number of ether oxygens (including phenoxy) is 11. The highest BCUT2D eigenvalue weighted by atomic mass is 16.7. The second-order valence-electron chi connectivity index (χ2n) is 19.2. The normalized spacial score (nSPS) is 48.6. The molecule has 6 aliphatic heterocycles. The van der Waals surface area contributed by atoms with Crippen LogP contribution in [0.5, 0.6) is 0 Å². The molecule has 354 valence electrons. The van der Waals surface area contributed by atoms with E-state index in [4.69, 9.17) is 52.1 Å². The lowest BCUT2D eigenvalue weighted by Gasteiger charge is -2.48. The van der Waals surface area contributed by atoms with Gasteiger partial charge < -0.3 is 62.3 Å². The van der Waals surface area contributed by atoms with Crippen LogP contribution in [-0.4, -0.2) is 141 Å². The molecular weight excluding hydrogens is 813 g/mol. The van der Waals surface area contributed by atoms with Crippen molar-refractivity contribution in [3.63, 3.8) is 0 Å². The minimum absolute atomic E-state index is 0.0805. The predicted octanol–water partition coefficient (Wildman–Crippen LogP) is 6.03. The van der Waals surface area contributed by atoms with Crippen molar-refractivity contribution >= 4 is 5.97 Å². The number of hydrogen-bond donors (Lipinski definition) is 2. The fourth-order valence-corrected chi connectivity index (χ4v) is 10.9. The van der Waals surface area contributed by atoms with Gasteiger partial charge in [-0.15, -0.1) is 0 Å². The highest BCUT2D eigenvalue weighted by Crippen LogP contribution is 2.48. The van der Waals surface area contributed by atoms with E-state index < -0.39 is 90.8 Å². The van der Waals surface area contributed by atoms with E-state index in [1.807, 2.05) is 38.2 Å². The maximum Gasteiger partial charge on any atom is 0.316 e. The second kappa shape index (κ2) is 20.3. The highest BCUT2D eigenvalue weighted by molar-refractivity contribution is 5.78. The Morgan fingerprint density at radius 3 is 2.29 bits per heavy atom. The summed E-state index contributed by atoms with van der Waals surface area (Å²) in [7, 11) is 4.82. The van der Waals surface area contributed by atoms with E-state index in [0.29, 0.717) is 37.7 Å². The number of esters is 1. The van der Waals surface area contributed by atoms with Crippen LogP contribution in [0.4, 0.5) is 0 Å². The molecule has 2 bridgehead atoms. The van der Waals surface area contributed by atoms with Crippen LogP contribution in [0.2, 0.25) is 0 Å². The summed E-state index contributed by atoms with van der Waals surface area (Å²) in [6, 6.07) is 0. The standard InChI is InChI=1S/C49H74O14/c1-12-26(2)43-29(5)18-19-48(63-43)24-35-21-34(62-48)17-16-28(4)42(60-40-23-38(54-10)45(32(8)58-40)61-39-22-37(53-9)41(50)31(7)57-39)27(3)14-13-15-33-25-56-46-44(55-11)30(6)20-36(47(51)59-35)49(33,46)52/h13-16,18-20,26-27,29,31-32,34-46,50,52H,12,17,21-25H2,1-11H3/b14-13+,28-16+,33-15+. The van der Waals surface area contributed by atoms with Crippen molar-refractivity contribution in [1.29, 1.82) is 0 Å². The van der Waals surface area contributed by atoms with Gasteiger partial charge in [0.1, 0.15) is 42.0 Å². The SMILES string of the molecule is CCC(C)C1OC2(C=CC1C)CC1CC(C/C=C(\C)C(OC3CC(OC)C(OC4CC(OC)C(O)C(C)O4)C(C)O3)C(C)/C=C/C=C3\COC4C(OC)C(C)=CC(C(=O)O1)C34O)O2. The number of aliphatic hydroxyl groups is 2. The Morgan fingerprint density at radius 2 is 1.57 bits per heavy atom. The van der Waals surface area contributed by atoms with Crippen molar-refractivity contribution in [3.05, 3.63) is 59.3 Å². The van der Waals surface area contributed by atoms with Crippen molar-refractivity contribution in [2.24, 2.45) is 23.7 Å². The molecule has 0 aromatic carbocycles. The summed E-state index contributed by atoms with van der Waals surface area (Å²) in [6.45, 7) is 16.4. The average Bonchev–Trinajstić information content (AvgIpc) is 3.59. The molecule has 7 aliphatic rings. The molecule has 6 heterocycles. The van der Waals surface area contributed by atoms with Gasteiger partial charge in [0.25, 0.3) is 0 Å². The summed E-state index contributed by atoms with van der Waals surface area (Å²) in [6.07, 6.45) is 9.95. The topological polar surface area (TPSA) is 159 Å². The maximum absolute atomic E-state index is 14.5. The van der Waals surface area contributed by atoms with E-state index in [-0.39, 0.29) is 42.7 Å². The lowest BCUT2D eigenvalue weighted by molar-refractivity contribution is -0.318. The molecule has 0 aromatic rings. The smallest absolute Gasteiger partial charge is 0.316 e. The number of aliphatic hydroxyl groups excluding tert-OH is 1. The minimum atomic E-state index is -1.71. The van der Waals surface area contributed by atoms with Gasteiger partial charge in [-0.3, -0.25) is 4.79 Å². The van der Waals surface area contributed by atoms with E-state index >= 15 is 0 Å². The summed E-state index contributed by atoms with van der Waals surface area (Å²) in [5.74, 6) is -2.35. The first-order valence-electron chi connectivity index (χ1n) is 23.2. The Hall–Kier alpha value is -2.31. The third kappa shape index (κ3) is 10.0. The Kier molecular flexibility index (Phi) is 15.7. The van der Waals surface area contributed by atoms with Gasteiger partial charge in [0.2, 0.25) is 0 Å². The fraction of sp³-hybridized carbons (Fsp3) is 0.776. The number of fused-ring (bicyclic) bond motifs is 2. The molecule has 0 aromatic heterocycles. The zero-order valence-electron chi connectivity index (χ0n) is 39.2. The lowest BCUT2D eigenvalue weighted by Crippen LogP contribution is -2.58. The number of hydrogen-bond acceptors (Lipinski definition) is 14. The van der Waals surface area contributed by atoms with Gasteiger partial charge in [0.05, 0.1) is 49.3 Å². The molecule has 7 rings (SSSR count). The molecular formula is C49H74O14. The first-order valence-corrected chi connectivity index (χ1v) is 23.2. The molecule has 1 aliphatic carbocycles. The second-order valence-corrected chi connectivity index (χ2v) is 19.2. The molecule has 20 atom stereocenters. The van der Waals surface area contributed by atoms with Crippen LogP contribution in [0.3, 0.4) is 0 Å². The van der Waals surface area contributed by atoms with Gasteiger partial charge in [0.15, 0.2) is 18.4 Å². The number of carbonyl (C=O) groups is 1. The van der Waals surface area contributed by atoms with E-state index in [1.165, 1.54) is 0 Å². The summed E-state index contributed by atoms with van der Waals surface area (Å²) in [5, 5.41) is 23.2. The van der Waals surface area contributed by atoms with Crippen LogP contribution in [0.25, 0.3) is 0 Å². The fourth-order valence-electron chi connectivity index (χ4n) is 10.9. The van der Waals surface area contributed by atoms with Gasteiger partial charge >= 0.3 is 5.97 Å². The highest BCUT2D eigenvalue weighted by Gasteiger charge is 2.60. The third-order valence-corrected chi connectivity index (χ3v) is 14.7. The zero-order valence-corrected chi connectivity index (χ0v) is 39.2. The molecule has 4 fully saturated rings. The molecule has 4 saturated heterocycles. The van der Waals surface area contributed by atoms with E-state index in [9.17, 15) is 15.0 Å². The largest absolute Gasteiger partial charge is 0.462 e. The quantitative estimate of drug-likeness (QED) is 0.204. The Labute approximate surface area is 374 Å². The monoisotopic (exact) mass is 887 g/mol. The summed E-state index contributed by atoms with van der Waals surface area (Å²) in [5.41, 5.74) is 0.626. The Bertz CT molecular complexity index is 1740. The van der Waals surface area contributed by atoms with Crippen LogP contribution in [-0.2, 0) is 56.9 Å². The molecule has 20 unspecified atom stereocenters. The Morgan fingerprint density at radius 1 is 0.857 bits per heavy atom. The van der Waals surface area contributed by atoms with Crippen molar-refractivity contribution in [2.75, 3.05) is 27.9 Å². The Balaban J connectivity index is 1.19. The van der Waals surface area contributed by atoms with Gasteiger partial charge in [-0.25, -0.2) is 0 Å². The van der Waals surface area contributed by atoms with Gasteiger partial charge in [-0.2, -0.15) is 0 Å². The van der Waals surface area contributed by atoms with E-state index in [0.717, 1.165) is 17.6 Å². The van der Waals surface area contributed by atoms with E-state index in [2.05, 4.69) is 46.8 Å². The van der Waals surface area contributed by atoms with Crippen LogP contribution < -0.4 is 0 Å². The van der Waals surface area contributed by atoms with Gasteiger partial charge in [-0.1, -0.05) is 70.6 Å². The number of allylic oxidation sites excluding steroid dienone is 2. The van der Waals surface area contributed by atoms with Crippen LogP contribution >= 0.6 is 0 Å². The van der Waals surface area contributed by atoms with Crippen molar-refractivity contribution in [2.45, 2.75) is 191 Å². The molecule has 0 radical (unpaired) electrons. The molecule has 14 heteroatoms. The molecule has 63 heavy (non-hydrogen) atoms. The van der Waals surface area contributed by atoms with Crippen molar-refractivity contribution in [1.82, 2.24) is 0 Å². The maximum atomic E-state index is 14.5. The zero-order chi connectivity index (χ0) is 45.4. The van der Waals surface area contributed by atoms with Gasteiger partial charge in [0, 0.05) is 58.8 Å². The van der Waals surface area contributed by atoms with Crippen LogP contribution in [0.1, 0.15) is 93.9 Å². The summed E-state index contributed by atoms with van der Waals surface area (Å²) in [4.78, 5) is 14.5. The average molecular weight is 887 g/mol. The van der Waals surface area contributed by atoms with Crippen LogP contribution in [0.15, 0.2) is 59.3 Å². The van der Waals surface area contributed by atoms with Crippen molar-refractivity contribution in [3.8, 4) is 0 Å². The molecule has 1 spiro atoms. The van der Waals surface area contributed by atoms with Crippen LogP contribution in [0, 0.1) is 23.7 Å². The third-order valence-electron chi connectivity index (χ3n) is 14.7. The molecule has 14 nitrogen and oxygen atoms in total. The molecule has 0 amide bonds. The van der Waals surface area contributed by atoms with Gasteiger partial charge in [-0.05, 0) is 62.8 Å². The first-order chi connectivity index (χ1) is 30.0. The first kappa shape index (κ1) is 48.6. The van der Waals surface area contributed by atoms with Crippen molar-refractivity contribution < 1.29 is 67.1 Å². The molecule has 0 saturated carbocycles. The molecule has 2 N–H and O–H groups in total. The predicted molar refractivity (Wildman–Crippen MR) is 232 cm³/mol. The minimum Gasteiger partial charge on any atom is -0.462 e. The summed E-state index contributed by atoms with van der Waals surface area (Å²) < 4.78 is 70.0. The number of carbonyl (C=O) groups excluding carboxylic acids is 1. The van der Waals surface area contributed by atoms with E-state index in [1.54, 1.807) is 34.3 Å². The number of methoxy groups -OCH3 is 3. The number of rotatable bonds is 9.